The molecule has 36 heavy (non-hydrogen) atoms. The molecule has 8 rings (SSSR count). The maximum Gasteiger partial charge on any atom is 0.155 e. The molecule has 0 aromatic rings. The van der Waals surface area contributed by atoms with Crippen LogP contribution in [0.1, 0.15) is 78.1 Å². The maximum absolute atomic E-state index is 12.3. The smallest absolute Gasteiger partial charge is 0.155 e. The van der Waals surface area contributed by atoms with Crippen molar-refractivity contribution < 1.29 is 9.53 Å². The van der Waals surface area contributed by atoms with Gasteiger partial charge in [-0.2, -0.15) is 0 Å². The van der Waals surface area contributed by atoms with E-state index in [1.54, 1.807) is 0 Å². The highest BCUT2D eigenvalue weighted by atomic mass is 16.5. The van der Waals surface area contributed by atoms with Gasteiger partial charge in [0.25, 0.3) is 0 Å². The molecule has 3 spiro atoms. The number of ketones is 1. The number of likely N-dealkylation sites (N-methyl/N-ethyl adjacent to an activating group) is 1. The molecule has 6 aliphatic carbocycles. The van der Waals surface area contributed by atoms with Crippen molar-refractivity contribution >= 4 is 5.78 Å². The fourth-order valence-electron chi connectivity index (χ4n) is 12.4. The summed E-state index contributed by atoms with van der Waals surface area (Å²) in [5.41, 5.74) is 9.97. The van der Waals surface area contributed by atoms with E-state index in [-0.39, 0.29) is 22.8 Å². The van der Waals surface area contributed by atoms with Gasteiger partial charge in [0.05, 0.1) is 11.7 Å². The van der Waals surface area contributed by atoms with Gasteiger partial charge in [0.15, 0.2) is 5.78 Å². The highest BCUT2D eigenvalue weighted by Gasteiger charge is 2.93. The number of carbonyl (C=O) groups excluding carboxylic acids is 1. The number of likely N-dealkylation sites (tertiary alicyclic amines) is 1. The van der Waals surface area contributed by atoms with Crippen molar-refractivity contribution in [1.29, 1.82) is 0 Å². The molecular weight excluding hydrogens is 446 g/mol. The zero-order valence-electron chi connectivity index (χ0n) is 23.0. The maximum atomic E-state index is 12.3. The summed E-state index contributed by atoms with van der Waals surface area (Å²) in [4.78, 5) is 17.2. The zero-order chi connectivity index (χ0) is 24.9. The summed E-state index contributed by atoms with van der Waals surface area (Å²) in [6, 6.07) is 0. The van der Waals surface area contributed by atoms with Gasteiger partial charge in [-0.3, -0.25) is 9.69 Å². The minimum Gasteiger partial charge on any atom is -0.367 e. The zero-order valence-corrected chi connectivity index (χ0v) is 23.0. The van der Waals surface area contributed by atoms with Gasteiger partial charge in [-0.05, 0) is 112 Å². The molecule has 0 aromatic heterocycles. The summed E-state index contributed by atoms with van der Waals surface area (Å²) in [5, 5.41) is 0. The van der Waals surface area contributed by atoms with Gasteiger partial charge in [-0.1, -0.05) is 19.4 Å². The fourth-order valence-corrected chi connectivity index (χ4v) is 12.4. The molecule has 0 bridgehead atoms. The first-order valence-corrected chi connectivity index (χ1v) is 15.2. The van der Waals surface area contributed by atoms with Crippen molar-refractivity contribution in [2.45, 2.75) is 95.4 Å². The number of allylic oxidation sites excluding steroid dienone is 2. The molecule has 198 valence electrons. The number of carbonyl (C=O) groups is 1. The number of fused-ring (bicyclic) bond motifs is 6. The standard InChI is InChI=1S/C31H47N3O2/c1-19-13-26-31(32,34(17-19)12-11-33(3)4)25-16-29-18-28(29)15-24-22(23(28)8-10-30(25,29)36-26)6-5-20-14-21(35)7-9-27(20,24)2/h14,19,22-26H,5-13,15-18,32H2,1-4H3/t19-,22-,23-,24-,25-,26+,27-,28?,29?,30+,31-/m0/s1. The van der Waals surface area contributed by atoms with Crippen molar-refractivity contribution in [3.05, 3.63) is 11.6 Å². The lowest BCUT2D eigenvalue weighted by Crippen LogP contribution is -2.74. The highest BCUT2D eigenvalue weighted by molar-refractivity contribution is 5.91. The van der Waals surface area contributed by atoms with E-state index < -0.39 is 0 Å². The van der Waals surface area contributed by atoms with Crippen LogP contribution in [0.15, 0.2) is 11.6 Å². The monoisotopic (exact) mass is 493 g/mol. The van der Waals surface area contributed by atoms with Crippen molar-refractivity contribution in [3.8, 4) is 0 Å². The summed E-state index contributed by atoms with van der Waals surface area (Å²) in [6.07, 6.45) is 14.4. The minimum absolute atomic E-state index is 0.0406. The molecular formula is C31H47N3O2. The van der Waals surface area contributed by atoms with Crippen LogP contribution in [0.5, 0.6) is 0 Å². The Kier molecular flexibility index (Phi) is 4.42. The van der Waals surface area contributed by atoms with Crippen molar-refractivity contribution in [2.75, 3.05) is 33.7 Å². The Labute approximate surface area is 217 Å². The predicted octanol–water partition coefficient (Wildman–Crippen LogP) is 4.21. The summed E-state index contributed by atoms with van der Waals surface area (Å²) in [7, 11) is 4.36. The van der Waals surface area contributed by atoms with Gasteiger partial charge in [-0.15, -0.1) is 0 Å². The summed E-state index contributed by atoms with van der Waals surface area (Å²) < 4.78 is 7.38. The van der Waals surface area contributed by atoms with Crippen LogP contribution < -0.4 is 5.73 Å². The Hall–Kier alpha value is -0.750. The predicted molar refractivity (Wildman–Crippen MR) is 140 cm³/mol. The SMILES string of the molecule is C[C@H]1C[C@H]2O[C@@]34CC[C@H]5[C@@H]6CCC7=CC(=O)CC[C@]7(C)[C@H]6CC56CC63C[C@@H]4[C@]2(N)N(CCN(C)C)C1. The molecule has 5 heteroatoms. The van der Waals surface area contributed by atoms with Crippen LogP contribution in [-0.4, -0.2) is 66.7 Å². The van der Waals surface area contributed by atoms with E-state index in [1.807, 2.05) is 0 Å². The van der Waals surface area contributed by atoms with Crippen LogP contribution in [0.3, 0.4) is 0 Å². The number of hydrogen-bond donors (Lipinski definition) is 1. The van der Waals surface area contributed by atoms with Gasteiger partial charge >= 0.3 is 0 Å². The quantitative estimate of drug-likeness (QED) is 0.638. The lowest BCUT2D eigenvalue weighted by atomic mass is 9.46. The summed E-state index contributed by atoms with van der Waals surface area (Å²) >= 11 is 0. The molecule has 2 N–H and O–H groups in total. The van der Waals surface area contributed by atoms with Crippen LogP contribution >= 0.6 is 0 Å². The third-order valence-corrected chi connectivity index (χ3v) is 14.0. The van der Waals surface area contributed by atoms with E-state index in [0.29, 0.717) is 28.4 Å². The van der Waals surface area contributed by atoms with Crippen LogP contribution in [0.25, 0.3) is 0 Å². The highest BCUT2D eigenvalue weighted by Crippen LogP contribution is 2.93. The first-order chi connectivity index (χ1) is 17.1. The van der Waals surface area contributed by atoms with E-state index in [0.717, 1.165) is 56.7 Å². The average molecular weight is 494 g/mol. The molecule has 2 aliphatic heterocycles. The topological polar surface area (TPSA) is 58.8 Å². The van der Waals surface area contributed by atoms with E-state index >= 15 is 0 Å². The molecule has 11 atom stereocenters. The van der Waals surface area contributed by atoms with E-state index in [1.165, 1.54) is 50.5 Å². The molecule has 2 heterocycles. The number of nitrogens with zero attached hydrogens (tertiary/aromatic N) is 2. The molecule has 2 unspecified atom stereocenters. The fraction of sp³-hybridized carbons (Fsp3) is 0.903. The first kappa shape index (κ1) is 23.2. The van der Waals surface area contributed by atoms with Gasteiger partial charge in [0.1, 0.15) is 5.66 Å². The van der Waals surface area contributed by atoms with Crippen LogP contribution in [0.4, 0.5) is 0 Å². The van der Waals surface area contributed by atoms with Gasteiger partial charge in [-0.25, -0.2) is 0 Å². The second-order valence-corrected chi connectivity index (χ2v) is 15.4. The van der Waals surface area contributed by atoms with Crippen LogP contribution in [-0.2, 0) is 9.53 Å². The largest absolute Gasteiger partial charge is 0.367 e. The normalized spacial score (nSPS) is 58.5. The summed E-state index contributed by atoms with van der Waals surface area (Å²) in [5.74, 6) is 4.05. The Morgan fingerprint density at radius 3 is 2.81 bits per heavy atom. The third-order valence-electron chi connectivity index (χ3n) is 14.0. The van der Waals surface area contributed by atoms with Gasteiger partial charge in [0, 0.05) is 37.4 Å². The number of piperidine rings is 1. The third kappa shape index (κ3) is 2.39. The van der Waals surface area contributed by atoms with Gasteiger partial charge in [0.2, 0.25) is 0 Å². The second kappa shape index (κ2) is 6.87. The number of ether oxygens (including phenoxy) is 1. The molecule has 0 amide bonds. The van der Waals surface area contributed by atoms with Crippen molar-refractivity contribution in [1.82, 2.24) is 9.80 Å². The molecule has 5 saturated carbocycles. The Balaban J connectivity index is 1.12. The van der Waals surface area contributed by atoms with Crippen molar-refractivity contribution in [3.63, 3.8) is 0 Å². The van der Waals surface area contributed by atoms with Crippen LogP contribution in [0.2, 0.25) is 0 Å². The van der Waals surface area contributed by atoms with E-state index in [2.05, 4.69) is 43.8 Å². The Morgan fingerprint density at radius 2 is 2.00 bits per heavy atom. The first-order valence-electron chi connectivity index (χ1n) is 15.2. The number of hydrogen-bond acceptors (Lipinski definition) is 5. The van der Waals surface area contributed by atoms with E-state index in [4.69, 9.17) is 10.5 Å². The average Bonchev–Trinajstić information content (AvgIpc) is 3.34. The Morgan fingerprint density at radius 1 is 1.17 bits per heavy atom. The molecule has 8 aliphatic rings. The molecule has 5 nitrogen and oxygen atoms in total. The van der Waals surface area contributed by atoms with E-state index in [9.17, 15) is 4.79 Å². The second-order valence-electron chi connectivity index (χ2n) is 15.4. The molecule has 0 radical (unpaired) electrons. The van der Waals surface area contributed by atoms with Crippen LogP contribution in [0, 0.1) is 45.8 Å². The number of nitrogens with two attached hydrogens (primary N) is 1. The lowest BCUT2D eigenvalue weighted by Gasteiger charge is -2.62. The summed E-state index contributed by atoms with van der Waals surface area (Å²) in [6.45, 7) is 8.17. The van der Waals surface area contributed by atoms with Crippen molar-refractivity contribution in [2.24, 2.45) is 51.6 Å². The molecule has 7 fully saturated rings. The van der Waals surface area contributed by atoms with Gasteiger partial charge < -0.3 is 15.4 Å². The number of rotatable bonds is 3. The minimum atomic E-state index is -0.276. The molecule has 0 aromatic carbocycles. The molecule has 2 saturated heterocycles. The lowest BCUT2D eigenvalue weighted by molar-refractivity contribution is -0.212. The Bertz CT molecular complexity index is 1060.